The predicted octanol–water partition coefficient (Wildman–Crippen LogP) is 2.51. The van der Waals surface area contributed by atoms with Gasteiger partial charge in [0.2, 0.25) is 10.0 Å². The number of hydrogen-bond acceptors (Lipinski definition) is 5. The summed E-state index contributed by atoms with van der Waals surface area (Å²) >= 11 is 0. The molecule has 9 heteroatoms. The molecule has 0 saturated carbocycles. The van der Waals surface area contributed by atoms with Gasteiger partial charge in [-0.1, -0.05) is 29.8 Å². The third-order valence-electron chi connectivity index (χ3n) is 5.14. The van der Waals surface area contributed by atoms with E-state index in [1.54, 1.807) is 16.9 Å². The number of anilines is 1. The first-order chi connectivity index (χ1) is 14.9. The van der Waals surface area contributed by atoms with Crippen molar-refractivity contribution in [1.82, 2.24) is 14.1 Å². The summed E-state index contributed by atoms with van der Waals surface area (Å²) in [7, 11) is -3.59. The maximum Gasteiger partial charge on any atom is 0.256 e. The zero-order chi connectivity index (χ0) is 21.8. The first-order valence-corrected chi connectivity index (χ1v) is 11.4. The number of carbonyl (C=O) groups is 1. The van der Waals surface area contributed by atoms with E-state index in [-0.39, 0.29) is 10.8 Å². The summed E-state index contributed by atoms with van der Waals surface area (Å²) < 4.78 is 33.8. The van der Waals surface area contributed by atoms with E-state index in [0.29, 0.717) is 44.2 Å². The van der Waals surface area contributed by atoms with Crippen molar-refractivity contribution >= 4 is 21.7 Å². The fourth-order valence-corrected chi connectivity index (χ4v) is 4.74. The van der Waals surface area contributed by atoms with E-state index in [4.69, 9.17) is 4.74 Å². The summed E-state index contributed by atoms with van der Waals surface area (Å²) in [4.78, 5) is 12.9. The summed E-state index contributed by atoms with van der Waals surface area (Å²) in [6, 6.07) is 15.8. The highest BCUT2D eigenvalue weighted by Crippen LogP contribution is 2.19. The second-order valence-electron chi connectivity index (χ2n) is 7.35. The topological polar surface area (TPSA) is 93.5 Å². The average molecular weight is 441 g/mol. The molecule has 2 aromatic carbocycles. The minimum Gasteiger partial charge on any atom is -0.379 e. The molecule has 1 fully saturated rings. The molecule has 1 aliphatic heterocycles. The van der Waals surface area contributed by atoms with Gasteiger partial charge in [-0.2, -0.15) is 9.40 Å². The lowest BCUT2D eigenvalue weighted by Gasteiger charge is -2.26. The number of amides is 1. The third-order valence-corrected chi connectivity index (χ3v) is 7.05. The maximum atomic E-state index is 12.7. The molecule has 2 heterocycles. The molecule has 3 aromatic rings. The normalized spacial score (nSPS) is 15.0. The highest BCUT2D eigenvalue weighted by Gasteiger charge is 2.26. The molecule has 8 nitrogen and oxygen atoms in total. The molecule has 0 aliphatic carbocycles. The summed E-state index contributed by atoms with van der Waals surface area (Å²) in [5, 5.41) is 7.13. The van der Waals surface area contributed by atoms with Crippen LogP contribution in [0.2, 0.25) is 0 Å². The van der Waals surface area contributed by atoms with Gasteiger partial charge in [0.05, 0.1) is 30.9 Å². The Morgan fingerprint density at radius 2 is 1.71 bits per heavy atom. The van der Waals surface area contributed by atoms with Gasteiger partial charge in [0.15, 0.2) is 0 Å². The van der Waals surface area contributed by atoms with E-state index in [2.05, 4.69) is 10.4 Å². The Hall–Kier alpha value is -3.01. The number of nitrogens with one attached hydrogen (secondary N) is 1. The minimum atomic E-state index is -3.59. The molecule has 162 valence electrons. The molecular weight excluding hydrogens is 416 g/mol. The van der Waals surface area contributed by atoms with E-state index in [9.17, 15) is 13.2 Å². The fourth-order valence-electron chi connectivity index (χ4n) is 3.33. The molecule has 1 amide bonds. The molecule has 1 saturated heterocycles. The Morgan fingerprint density at radius 1 is 1.03 bits per heavy atom. The smallest absolute Gasteiger partial charge is 0.256 e. The van der Waals surface area contributed by atoms with Crippen molar-refractivity contribution in [3.63, 3.8) is 0 Å². The summed E-state index contributed by atoms with van der Waals surface area (Å²) in [6.07, 6.45) is 1.63. The first kappa shape index (κ1) is 21.2. The van der Waals surface area contributed by atoms with Crippen molar-refractivity contribution in [3.05, 3.63) is 77.5 Å². The highest BCUT2D eigenvalue weighted by atomic mass is 32.2. The van der Waals surface area contributed by atoms with Crippen molar-refractivity contribution < 1.29 is 17.9 Å². The van der Waals surface area contributed by atoms with E-state index >= 15 is 0 Å². The maximum absolute atomic E-state index is 12.7. The SMILES string of the molecule is Cc1ccc(Cn2nccc2NC(=O)c2ccc(S(=O)(=O)N3CCOCC3)cc2)cc1. The highest BCUT2D eigenvalue weighted by molar-refractivity contribution is 7.89. The second kappa shape index (κ2) is 9.01. The Kier molecular flexibility index (Phi) is 6.17. The average Bonchev–Trinajstić information content (AvgIpc) is 3.22. The van der Waals surface area contributed by atoms with Crippen LogP contribution in [0.15, 0.2) is 65.7 Å². The third kappa shape index (κ3) is 4.84. The monoisotopic (exact) mass is 440 g/mol. The van der Waals surface area contributed by atoms with Crippen molar-refractivity contribution in [1.29, 1.82) is 0 Å². The molecule has 0 atom stereocenters. The van der Waals surface area contributed by atoms with Crippen LogP contribution in [0.5, 0.6) is 0 Å². The van der Waals surface area contributed by atoms with Gasteiger partial charge in [0.25, 0.3) is 5.91 Å². The molecule has 0 unspecified atom stereocenters. The van der Waals surface area contributed by atoms with Gasteiger partial charge in [-0.3, -0.25) is 4.79 Å². The van der Waals surface area contributed by atoms with Crippen molar-refractivity contribution in [2.45, 2.75) is 18.4 Å². The molecule has 31 heavy (non-hydrogen) atoms. The van der Waals surface area contributed by atoms with Gasteiger partial charge >= 0.3 is 0 Å². The van der Waals surface area contributed by atoms with Gasteiger partial charge in [0.1, 0.15) is 5.82 Å². The Morgan fingerprint density at radius 3 is 2.39 bits per heavy atom. The molecule has 1 aliphatic rings. The van der Waals surface area contributed by atoms with Gasteiger partial charge in [-0.25, -0.2) is 13.1 Å². The second-order valence-corrected chi connectivity index (χ2v) is 9.29. The van der Waals surface area contributed by atoms with Gasteiger partial charge in [-0.05, 0) is 36.8 Å². The number of nitrogens with zero attached hydrogens (tertiary/aromatic N) is 3. The Bertz CT molecular complexity index is 1150. The number of sulfonamides is 1. The van der Waals surface area contributed by atoms with Gasteiger partial charge < -0.3 is 10.1 Å². The summed E-state index contributed by atoms with van der Waals surface area (Å²) in [5.74, 6) is 0.233. The minimum absolute atomic E-state index is 0.162. The van der Waals surface area contributed by atoms with E-state index in [1.165, 1.54) is 34.1 Å². The first-order valence-electron chi connectivity index (χ1n) is 10.0. The van der Waals surface area contributed by atoms with Crippen molar-refractivity contribution in [2.24, 2.45) is 0 Å². The van der Waals surface area contributed by atoms with Crippen LogP contribution in [-0.4, -0.2) is 54.7 Å². The molecule has 1 N–H and O–H groups in total. The number of hydrogen-bond donors (Lipinski definition) is 1. The molecule has 0 spiro atoms. The standard InChI is InChI=1S/C22H24N4O4S/c1-17-2-4-18(5-3-17)16-26-21(10-11-23-26)24-22(27)19-6-8-20(9-7-19)31(28,29)25-12-14-30-15-13-25/h2-11H,12-16H2,1H3,(H,24,27). The van der Waals surface area contributed by atoms with Crippen LogP contribution in [0.3, 0.4) is 0 Å². The van der Waals surface area contributed by atoms with Crippen molar-refractivity contribution in [3.8, 4) is 0 Å². The van der Waals surface area contributed by atoms with E-state index in [1.807, 2.05) is 31.2 Å². The van der Waals surface area contributed by atoms with Gasteiger partial charge in [-0.15, -0.1) is 0 Å². The number of ether oxygens (including phenoxy) is 1. The number of aromatic nitrogens is 2. The number of aryl methyl sites for hydroxylation is 1. The molecular formula is C22H24N4O4S. The van der Waals surface area contributed by atoms with E-state index < -0.39 is 10.0 Å². The molecule has 4 rings (SSSR count). The quantitative estimate of drug-likeness (QED) is 0.636. The van der Waals surface area contributed by atoms with Crippen LogP contribution in [0.4, 0.5) is 5.82 Å². The Balaban J connectivity index is 1.45. The number of morpholine rings is 1. The lowest BCUT2D eigenvalue weighted by Crippen LogP contribution is -2.40. The molecule has 0 bridgehead atoms. The zero-order valence-corrected chi connectivity index (χ0v) is 18.0. The van der Waals surface area contributed by atoms with Crippen LogP contribution < -0.4 is 5.32 Å². The van der Waals surface area contributed by atoms with Crippen molar-refractivity contribution in [2.75, 3.05) is 31.6 Å². The largest absolute Gasteiger partial charge is 0.379 e. The van der Waals surface area contributed by atoms with E-state index in [0.717, 1.165) is 5.56 Å². The van der Waals surface area contributed by atoms with Crippen LogP contribution in [0.1, 0.15) is 21.5 Å². The number of carbonyl (C=O) groups excluding carboxylic acids is 1. The zero-order valence-electron chi connectivity index (χ0n) is 17.2. The van der Waals surface area contributed by atoms with Crippen LogP contribution in [0.25, 0.3) is 0 Å². The lowest BCUT2D eigenvalue weighted by atomic mass is 10.1. The van der Waals surface area contributed by atoms with Crippen LogP contribution >= 0.6 is 0 Å². The predicted molar refractivity (Wildman–Crippen MR) is 116 cm³/mol. The number of rotatable bonds is 6. The summed E-state index contributed by atoms with van der Waals surface area (Å²) in [5.41, 5.74) is 2.61. The molecule has 1 aromatic heterocycles. The van der Waals surface area contributed by atoms with Gasteiger partial charge in [0, 0.05) is 24.7 Å². The fraction of sp³-hybridized carbons (Fsp3) is 0.273. The lowest BCUT2D eigenvalue weighted by molar-refractivity contribution is 0.0730. The molecule has 0 radical (unpaired) electrons. The summed E-state index contributed by atoms with van der Waals surface area (Å²) in [6.45, 7) is 3.98. The van der Waals surface area contributed by atoms with Crippen LogP contribution in [-0.2, 0) is 21.3 Å². The number of benzene rings is 2. The van der Waals surface area contributed by atoms with Crippen LogP contribution in [0, 0.1) is 6.92 Å². The Labute approximate surface area is 181 Å².